The summed E-state index contributed by atoms with van der Waals surface area (Å²) in [5.41, 5.74) is 0. The van der Waals surface area contributed by atoms with Crippen LogP contribution < -0.4 is 0 Å². The van der Waals surface area contributed by atoms with Crippen LogP contribution in [0.2, 0.25) is 0 Å². The van der Waals surface area contributed by atoms with Crippen LogP contribution in [-0.4, -0.2) is 46.0 Å². The predicted molar refractivity (Wildman–Crippen MR) is 61.6 cm³/mol. The Hall–Kier alpha value is -1.78. The number of nitrogens with zero attached hydrogens (tertiary/aromatic N) is 2. The summed E-state index contributed by atoms with van der Waals surface area (Å²) in [6, 6.07) is 0.0824. The first-order valence-corrected chi connectivity index (χ1v) is 5.11. The second-order valence-electron chi connectivity index (χ2n) is 3.59. The molecule has 16 heavy (non-hydrogen) atoms. The lowest BCUT2D eigenvalue weighted by Gasteiger charge is -2.17. The third kappa shape index (κ3) is 3.42. The van der Waals surface area contributed by atoms with E-state index in [0.717, 1.165) is 12.7 Å². The normalized spacial score (nSPS) is 20.1. The molecule has 0 saturated carbocycles. The molecular weight excluding hydrogens is 208 g/mol. The molecule has 1 atom stereocenters. The highest BCUT2D eigenvalue weighted by Crippen LogP contribution is 2.14. The van der Waals surface area contributed by atoms with Crippen LogP contribution in [0.15, 0.2) is 30.0 Å². The largest absolute Gasteiger partial charge is 0.516 e. The first-order chi connectivity index (χ1) is 7.67. The summed E-state index contributed by atoms with van der Waals surface area (Å²) in [6.45, 7) is 4.19. The number of aliphatic hydroxyl groups excluding tert-OH is 1. The van der Waals surface area contributed by atoms with Crippen LogP contribution in [0.4, 0.5) is 0 Å². The lowest BCUT2D eigenvalue weighted by atomic mass is 10.2. The monoisotopic (exact) mass is 224 g/mol. The van der Waals surface area contributed by atoms with Gasteiger partial charge in [-0.05, 0) is 12.5 Å². The van der Waals surface area contributed by atoms with Crippen molar-refractivity contribution in [3.8, 4) is 0 Å². The van der Waals surface area contributed by atoms with E-state index in [4.69, 9.17) is 10.2 Å². The van der Waals surface area contributed by atoms with Gasteiger partial charge in [0.1, 0.15) is 12.4 Å². The van der Waals surface area contributed by atoms with Gasteiger partial charge >= 0.3 is 5.97 Å². The molecule has 0 aromatic heterocycles. The number of carboxylic acids is 1. The Morgan fingerprint density at radius 2 is 2.44 bits per heavy atom. The maximum Gasteiger partial charge on any atom is 0.323 e. The number of carboxylic acid groups (broad SMARTS) is 1. The fourth-order valence-corrected chi connectivity index (χ4v) is 1.67. The van der Waals surface area contributed by atoms with Crippen LogP contribution in [0.5, 0.6) is 0 Å². The average Bonchev–Trinajstić information content (AvgIpc) is 2.57. The molecule has 1 aliphatic heterocycles. The van der Waals surface area contributed by atoms with E-state index in [1.54, 1.807) is 17.1 Å². The minimum atomic E-state index is -0.875. The van der Waals surface area contributed by atoms with E-state index in [1.807, 2.05) is 0 Å². The van der Waals surface area contributed by atoms with Gasteiger partial charge in [0, 0.05) is 13.0 Å². The zero-order valence-electron chi connectivity index (χ0n) is 9.04. The molecule has 1 unspecified atom stereocenters. The number of hydrogen-bond donors (Lipinski definition) is 2. The summed E-state index contributed by atoms with van der Waals surface area (Å²) in [4.78, 5) is 16.8. The SMILES string of the molecule is C=CCC1CN(CC(=O)O)C(CC=CO)=N1. The number of rotatable bonds is 6. The van der Waals surface area contributed by atoms with Crippen molar-refractivity contribution in [2.45, 2.75) is 18.9 Å². The molecule has 5 nitrogen and oxygen atoms in total. The van der Waals surface area contributed by atoms with Gasteiger partial charge in [0.25, 0.3) is 0 Å². The highest BCUT2D eigenvalue weighted by molar-refractivity contribution is 5.88. The molecule has 1 heterocycles. The third-order valence-electron chi connectivity index (χ3n) is 2.30. The van der Waals surface area contributed by atoms with Crippen molar-refractivity contribution in [3.05, 3.63) is 25.0 Å². The van der Waals surface area contributed by atoms with E-state index in [1.165, 1.54) is 0 Å². The molecule has 88 valence electrons. The molecule has 0 radical (unpaired) electrons. The Bertz CT molecular complexity index is 323. The zero-order valence-corrected chi connectivity index (χ0v) is 9.04. The smallest absolute Gasteiger partial charge is 0.323 e. The first-order valence-electron chi connectivity index (χ1n) is 5.11. The lowest BCUT2D eigenvalue weighted by molar-refractivity contribution is -0.137. The summed E-state index contributed by atoms with van der Waals surface area (Å²) in [7, 11) is 0. The Kier molecular flexibility index (Phi) is 4.57. The topological polar surface area (TPSA) is 73.1 Å². The van der Waals surface area contributed by atoms with E-state index in [-0.39, 0.29) is 12.6 Å². The van der Waals surface area contributed by atoms with Crippen molar-refractivity contribution in [2.24, 2.45) is 4.99 Å². The van der Waals surface area contributed by atoms with Crippen LogP contribution >= 0.6 is 0 Å². The van der Waals surface area contributed by atoms with E-state index < -0.39 is 5.97 Å². The predicted octanol–water partition coefficient (Wildman–Crippen LogP) is 1.19. The van der Waals surface area contributed by atoms with Gasteiger partial charge in [-0.2, -0.15) is 0 Å². The highest BCUT2D eigenvalue weighted by Gasteiger charge is 2.24. The summed E-state index contributed by atoms with van der Waals surface area (Å²) in [5.74, 6) is -0.167. The number of carbonyl (C=O) groups is 1. The molecule has 0 amide bonds. The Labute approximate surface area is 94.4 Å². The standard InChI is InChI=1S/C11H16N2O3/c1-2-4-9-7-13(8-11(15)16)10(12-9)5-3-6-14/h2-3,6,9,14H,1,4-5,7-8H2,(H,15,16). The fourth-order valence-electron chi connectivity index (χ4n) is 1.67. The van der Waals surface area contributed by atoms with Gasteiger partial charge in [-0.3, -0.25) is 9.79 Å². The van der Waals surface area contributed by atoms with Crippen molar-refractivity contribution in [1.29, 1.82) is 0 Å². The molecule has 0 aliphatic carbocycles. The summed E-state index contributed by atoms with van der Waals surface area (Å²) < 4.78 is 0. The van der Waals surface area contributed by atoms with Gasteiger partial charge < -0.3 is 15.1 Å². The van der Waals surface area contributed by atoms with E-state index in [9.17, 15) is 4.79 Å². The molecule has 0 aromatic carbocycles. The summed E-state index contributed by atoms with van der Waals surface area (Å²) >= 11 is 0. The van der Waals surface area contributed by atoms with E-state index in [2.05, 4.69) is 11.6 Å². The zero-order chi connectivity index (χ0) is 12.0. The number of aliphatic hydroxyl groups is 1. The van der Waals surface area contributed by atoms with Crippen molar-refractivity contribution < 1.29 is 15.0 Å². The number of amidine groups is 1. The second-order valence-corrected chi connectivity index (χ2v) is 3.59. The first kappa shape index (κ1) is 12.3. The molecule has 0 bridgehead atoms. The van der Waals surface area contributed by atoms with Crippen molar-refractivity contribution in [2.75, 3.05) is 13.1 Å². The molecule has 5 heteroatoms. The quantitative estimate of drug-likeness (QED) is 0.525. The highest BCUT2D eigenvalue weighted by atomic mass is 16.4. The van der Waals surface area contributed by atoms with Crippen LogP contribution in [0.3, 0.4) is 0 Å². The maximum absolute atomic E-state index is 10.7. The third-order valence-corrected chi connectivity index (χ3v) is 2.30. The van der Waals surface area contributed by atoms with Crippen LogP contribution in [-0.2, 0) is 4.79 Å². The van der Waals surface area contributed by atoms with Crippen molar-refractivity contribution in [3.63, 3.8) is 0 Å². The molecule has 1 aliphatic rings. The minimum Gasteiger partial charge on any atom is -0.516 e. The van der Waals surface area contributed by atoms with Crippen LogP contribution in [0.1, 0.15) is 12.8 Å². The number of aliphatic carboxylic acids is 1. The van der Waals surface area contributed by atoms with Crippen LogP contribution in [0.25, 0.3) is 0 Å². The molecule has 0 fully saturated rings. The van der Waals surface area contributed by atoms with Gasteiger partial charge in [-0.15, -0.1) is 6.58 Å². The number of aliphatic imine (C=N–C) groups is 1. The minimum absolute atomic E-state index is 0.0499. The molecule has 1 rings (SSSR count). The summed E-state index contributed by atoms with van der Waals surface area (Å²) in [5, 5.41) is 17.3. The van der Waals surface area contributed by atoms with Crippen molar-refractivity contribution >= 4 is 11.8 Å². The summed E-state index contributed by atoms with van der Waals surface area (Å²) in [6.07, 6.45) is 5.46. The molecule has 0 saturated heterocycles. The lowest BCUT2D eigenvalue weighted by Crippen LogP contribution is -2.34. The van der Waals surface area contributed by atoms with E-state index in [0.29, 0.717) is 18.8 Å². The number of hydrogen-bond acceptors (Lipinski definition) is 4. The Morgan fingerprint density at radius 3 is 3.00 bits per heavy atom. The Balaban J connectivity index is 2.65. The fraction of sp³-hybridized carbons (Fsp3) is 0.455. The van der Waals surface area contributed by atoms with Crippen LogP contribution in [0, 0.1) is 0 Å². The Morgan fingerprint density at radius 1 is 1.69 bits per heavy atom. The second kappa shape index (κ2) is 5.95. The van der Waals surface area contributed by atoms with Gasteiger partial charge in [-0.25, -0.2) is 0 Å². The maximum atomic E-state index is 10.7. The molecule has 0 spiro atoms. The average molecular weight is 224 g/mol. The molecular formula is C11H16N2O3. The molecule has 2 N–H and O–H groups in total. The van der Waals surface area contributed by atoms with Gasteiger partial charge in [0.2, 0.25) is 0 Å². The van der Waals surface area contributed by atoms with E-state index >= 15 is 0 Å². The van der Waals surface area contributed by atoms with Gasteiger partial charge in [0.15, 0.2) is 0 Å². The molecule has 0 aromatic rings. The van der Waals surface area contributed by atoms with Crippen molar-refractivity contribution in [1.82, 2.24) is 4.90 Å². The van der Waals surface area contributed by atoms with Gasteiger partial charge in [0.05, 0.1) is 12.3 Å². The van der Waals surface area contributed by atoms with Gasteiger partial charge in [-0.1, -0.05) is 6.08 Å².